The molecule has 0 unspecified atom stereocenters. The molecule has 2 rings (SSSR count). The van der Waals surface area contributed by atoms with Crippen LogP contribution < -0.4 is 21.6 Å². The molecule has 106 valence electrons. The number of nitrogens with zero attached hydrogens (tertiary/aromatic N) is 1. The summed E-state index contributed by atoms with van der Waals surface area (Å²) in [5, 5.41) is 1.31. The quantitative estimate of drug-likeness (QED) is 0.490. The van der Waals surface area contributed by atoms with Crippen LogP contribution in [-0.4, -0.2) is 16.6 Å². The zero-order valence-electron chi connectivity index (χ0n) is 11.4. The van der Waals surface area contributed by atoms with E-state index in [1.165, 1.54) is 4.57 Å². The number of benzene rings is 1. The number of hydrazine groups is 1. The van der Waals surface area contributed by atoms with Gasteiger partial charge in [0, 0.05) is 11.6 Å². The van der Waals surface area contributed by atoms with Crippen molar-refractivity contribution in [1.82, 2.24) is 9.99 Å². The largest absolute Gasteiger partial charge is 0.491 e. The van der Waals surface area contributed by atoms with Crippen molar-refractivity contribution in [3.8, 4) is 5.75 Å². The number of carbonyl (C=O) groups excluding carboxylic acids is 1. The third-order valence-corrected chi connectivity index (χ3v) is 2.80. The zero-order valence-corrected chi connectivity index (χ0v) is 11.4. The summed E-state index contributed by atoms with van der Waals surface area (Å²) in [5.41, 5.74) is 1.77. The molecule has 1 heterocycles. The minimum absolute atomic E-state index is 0.0704. The van der Waals surface area contributed by atoms with Gasteiger partial charge >= 0.3 is 0 Å². The van der Waals surface area contributed by atoms with Crippen LogP contribution >= 0.6 is 0 Å². The molecular formula is C14H17N3O3. The normalized spacial score (nSPS) is 10.8. The van der Waals surface area contributed by atoms with E-state index < -0.39 is 5.91 Å². The predicted octanol–water partition coefficient (Wildman–Crippen LogP) is 0.779. The van der Waals surface area contributed by atoms with Gasteiger partial charge in [-0.2, -0.15) is 0 Å². The molecule has 0 aliphatic rings. The van der Waals surface area contributed by atoms with E-state index in [-0.39, 0.29) is 18.2 Å². The van der Waals surface area contributed by atoms with E-state index in [2.05, 4.69) is 0 Å². The Morgan fingerprint density at radius 1 is 1.40 bits per heavy atom. The second-order valence-electron chi connectivity index (χ2n) is 4.73. The molecule has 0 saturated heterocycles. The van der Waals surface area contributed by atoms with E-state index >= 15 is 0 Å². The Morgan fingerprint density at radius 3 is 2.80 bits per heavy atom. The maximum Gasteiger partial charge on any atom is 0.258 e. The summed E-state index contributed by atoms with van der Waals surface area (Å²) >= 11 is 0. The summed E-state index contributed by atoms with van der Waals surface area (Å²) in [4.78, 5) is 23.4. The second kappa shape index (κ2) is 5.75. The summed E-state index contributed by atoms with van der Waals surface area (Å²) in [6, 6.07) is 7.03. The highest BCUT2D eigenvalue weighted by molar-refractivity contribution is 5.83. The number of hydrogen-bond donors (Lipinski definition) is 2. The van der Waals surface area contributed by atoms with E-state index in [1.807, 2.05) is 25.3 Å². The minimum Gasteiger partial charge on any atom is -0.491 e. The number of aromatic nitrogens is 1. The van der Waals surface area contributed by atoms with Crippen molar-refractivity contribution >= 4 is 16.7 Å². The maximum atomic E-state index is 12.2. The fraction of sp³-hybridized carbons (Fsp3) is 0.286. The summed E-state index contributed by atoms with van der Waals surface area (Å²) in [5.74, 6) is 5.30. The summed E-state index contributed by atoms with van der Waals surface area (Å²) in [7, 11) is 0. The van der Waals surface area contributed by atoms with Gasteiger partial charge in [0.05, 0.1) is 6.10 Å². The van der Waals surface area contributed by atoms with Crippen molar-refractivity contribution in [2.75, 3.05) is 0 Å². The molecule has 0 bridgehead atoms. The molecule has 3 N–H and O–H groups in total. The lowest BCUT2D eigenvalue weighted by atomic mass is 10.1. The Morgan fingerprint density at radius 2 is 2.15 bits per heavy atom. The number of nitrogens with one attached hydrogen (secondary N) is 1. The fourth-order valence-electron chi connectivity index (χ4n) is 1.94. The molecule has 1 aromatic carbocycles. The van der Waals surface area contributed by atoms with Crippen LogP contribution in [0.15, 0.2) is 35.3 Å². The smallest absolute Gasteiger partial charge is 0.258 e. The SMILES string of the molecule is CC(C)Oc1ccc2c(=O)n(CC(=O)NN)ccc2c1. The standard InChI is InChI=1S/C14H17N3O3/c1-9(2)20-11-3-4-12-10(7-11)5-6-17(14(12)19)8-13(18)16-15/h3-7,9H,8,15H2,1-2H3,(H,16,18). The lowest BCUT2D eigenvalue weighted by Gasteiger charge is -2.11. The van der Waals surface area contributed by atoms with Crippen molar-refractivity contribution < 1.29 is 9.53 Å². The third kappa shape index (κ3) is 2.97. The van der Waals surface area contributed by atoms with Gasteiger partial charge in [-0.05, 0) is 43.5 Å². The Balaban J connectivity index is 2.42. The lowest BCUT2D eigenvalue weighted by molar-refractivity contribution is -0.121. The molecule has 6 heteroatoms. The molecule has 0 aliphatic heterocycles. The van der Waals surface area contributed by atoms with Crippen LogP contribution in [0.5, 0.6) is 5.75 Å². The van der Waals surface area contributed by atoms with Crippen LogP contribution in [-0.2, 0) is 11.3 Å². The summed E-state index contributed by atoms with van der Waals surface area (Å²) < 4.78 is 6.90. The predicted molar refractivity (Wildman–Crippen MR) is 76.3 cm³/mol. The number of nitrogens with two attached hydrogens (primary N) is 1. The van der Waals surface area contributed by atoms with E-state index in [4.69, 9.17) is 10.6 Å². The van der Waals surface area contributed by atoms with Crippen LogP contribution in [0, 0.1) is 0 Å². The highest BCUT2D eigenvalue weighted by atomic mass is 16.5. The Bertz CT molecular complexity index is 692. The third-order valence-electron chi connectivity index (χ3n) is 2.80. The molecule has 2 aromatic rings. The summed E-state index contributed by atoms with van der Waals surface area (Å²) in [6.07, 6.45) is 1.64. The van der Waals surface area contributed by atoms with E-state index in [0.717, 1.165) is 5.39 Å². The monoisotopic (exact) mass is 275 g/mol. The van der Waals surface area contributed by atoms with Crippen LogP contribution in [0.3, 0.4) is 0 Å². The van der Waals surface area contributed by atoms with Gasteiger partial charge in [0.2, 0.25) is 0 Å². The number of pyridine rings is 1. The lowest BCUT2D eigenvalue weighted by Crippen LogP contribution is -2.36. The molecule has 1 amide bonds. The topological polar surface area (TPSA) is 86.3 Å². The first-order valence-electron chi connectivity index (χ1n) is 6.30. The summed E-state index contributed by atoms with van der Waals surface area (Å²) in [6.45, 7) is 3.77. The minimum atomic E-state index is -0.425. The fourth-order valence-corrected chi connectivity index (χ4v) is 1.94. The van der Waals surface area contributed by atoms with Gasteiger partial charge in [-0.1, -0.05) is 0 Å². The molecule has 6 nitrogen and oxygen atoms in total. The van der Waals surface area contributed by atoms with Gasteiger partial charge < -0.3 is 9.30 Å². The average molecular weight is 275 g/mol. The molecular weight excluding hydrogens is 258 g/mol. The number of carbonyl (C=O) groups is 1. The van der Waals surface area contributed by atoms with Gasteiger partial charge in [0.1, 0.15) is 12.3 Å². The Hall–Kier alpha value is -2.34. The van der Waals surface area contributed by atoms with Crippen molar-refractivity contribution in [2.45, 2.75) is 26.5 Å². The second-order valence-corrected chi connectivity index (χ2v) is 4.73. The molecule has 0 spiro atoms. The Labute approximate surface area is 116 Å². The van der Waals surface area contributed by atoms with Crippen LogP contribution in [0.2, 0.25) is 0 Å². The molecule has 0 atom stereocenters. The molecule has 1 aromatic heterocycles. The molecule has 0 radical (unpaired) electrons. The molecule has 0 fully saturated rings. The maximum absolute atomic E-state index is 12.2. The van der Waals surface area contributed by atoms with Crippen molar-refractivity contribution in [2.24, 2.45) is 5.84 Å². The van der Waals surface area contributed by atoms with Crippen molar-refractivity contribution in [3.63, 3.8) is 0 Å². The van der Waals surface area contributed by atoms with Crippen molar-refractivity contribution in [3.05, 3.63) is 40.8 Å². The van der Waals surface area contributed by atoms with Gasteiger partial charge in [0.15, 0.2) is 0 Å². The first-order chi connectivity index (χ1) is 9.51. The van der Waals surface area contributed by atoms with Gasteiger partial charge in [-0.25, -0.2) is 5.84 Å². The van der Waals surface area contributed by atoms with Gasteiger partial charge in [0.25, 0.3) is 11.5 Å². The van der Waals surface area contributed by atoms with Crippen LogP contribution in [0.4, 0.5) is 0 Å². The van der Waals surface area contributed by atoms with Crippen LogP contribution in [0.1, 0.15) is 13.8 Å². The number of fused-ring (bicyclic) bond motifs is 1. The Kier molecular flexibility index (Phi) is 4.05. The first kappa shape index (κ1) is 14.1. The van der Waals surface area contributed by atoms with E-state index in [1.54, 1.807) is 24.4 Å². The highest BCUT2D eigenvalue weighted by Gasteiger charge is 2.07. The van der Waals surface area contributed by atoms with Gasteiger partial charge in [-0.15, -0.1) is 0 Å². The number of amides is 1. The average Bonchev–Trinajstić information content (AvgIpc) is 2.41. The number of rotatable bonds is 4. The highest BCUT2D eigenvalue weighted by Crippen LogP contribution is 2.19. The zero-order chi connectivity index (χ0) is 14.7. The van der Waals surface area contributed by atoms with Crippen LogP contribution in [0.25, 0.3) is 10.8 Å². The molecule has 0 aliphatic carbocycles. The number of hydrogen-bond acceptors (Lipinski definition) is 4. The van der Waals surface area contributed by atoms with Gasteiger partial charge in [-0.3, -0.25) is 15.0 Å². The van der Waals surface area contributed by atoms with Crippen molar-refractivity contribution in [1.29, 1.82) is 0 Å². The number of ether oxygens (including phenoxy) is 1. The van der Waals surface area contributed by atoms with E-state index in [9.17, 15) is 9.59 Å². The molecule has 0 saturated carbocycles. The van der Waals surface area contributed by atoms with E-state index in [0.29, 0.717) is 11.1 Å². The molecule has 20 heavy (non-hydrogen) atoms. The first-order valence-corrected chi connectivity index (χ1v) is 6.30.